The van der Waals surface area contributed by atoms with Crippen molar-refractivity contribution in [3.63, 3.8) is 0 Å². The Morgan fingerprint density at radius 3 is 2.57 bits per heavy atom. The Morgan fingerprint density at radius 2 is 1.95 bits per heavy atom. The second kappa shape index (κ2) is 6.38. The van der Waals surface area contributed by atoms with Crippen LogP contribution in [-0.2, 0) is 4.79 Å². The van der Waals surface area contributed by atoms with E-state index >= 15 is 0 Å². The van der Waals surface area contributed by atoms with Gasteiger partial charge in [-0.15, -0.1) is 0 Å². The molecule has 1 heterocycles. The number of ether oxygens (including phenoxy) is 1. The number of hydrogen-bond donors (Lipinski definition) is 3. The van der Waals surface area contributed by atoms with E-state index in [-0.39, 0.29) is 17.9 Å². The Morgan fingerprint density at radius 1 is 1.24 bits per heavy atom. The molecule has 0 aliphatic carbocycles. The molecule has 1 aromatic carbocycles. The Balaban J connectivity index is 2.00. The number of anilines is 1. The lowest BCUT2D eigenvalue weighted by Crippen LogP contribution is -2.20. The van der Waals surface area contributed by atoms with E-state index in [9.17, 15) is 14.7 Å². The van der Waals surface area contributed by atoms with Gasteiger partial charge in [0.1, 0.15) is 11.5 Å². The zero-order valence-electron chi connectivity index (χ0n) is 10.9. The number of pyridine rings is 1. The summed E-state index contributed by atoms with van der Waals surface area (Å²) < 4.78 is 5.10. The van der Waals surface area contributed by atoms with Crippen molar-refractivity contribution in [1.29, 1.82) is 0 Å². The number of amides is 2. The highest BCUT2D eigenvalue weighted by molar-refractivity contribution is 6.04. The van der Waals surface area contributed by atoms with Crippen LogP contribution in [0.1, 0.15) is 10.4 Å². The number of carbonyl (C=O) groups is 2. The minimum Gasteiger partial charge on any atom is -0.506 e. The Bertz CT molecular complexity index is 656. The van der Waals surface area contributed by atoms with Gasteiger partial charge in [-0.3, -0.25) is 14.6 Å². The molecule has 2 rings (SSSR count). The van der Waals surface area contributed by atoms with Gasteiger partial charge in [-0.25, -0.2) is 0 Å². The number of nitrogens with zero attached hydrogens (tertiary/aromatic N) is 1. The molecular formula is C14H13N3O4. The Labute approximate surface area is 120 Å². The molecule has 0 atom stereocenters. The van der Waals surface area contributed by atoms with E-state index in [2.05, 4.69) is 10.3 Å². The number of aromatic hydroxyl groups is 1. The fourth-order valence-electron chi connectivity index (χ4n) is 1.54. The molecule has 4 N–H and O–H groups in total. The third-order valence-electron chi connectivity index (χ3n) is 2.48. The fourth-order valence-corrected chi connectivity index (χ4v) is 1.54. The molecule has 2 amide bonds. The zero-order valence-corrected chi connectivity index (χ0v) is 10.9. The van der Waals surface area contributed by atoms with Gasteiger partial charge in [0, 0.05) is 11.9 Å². The molecule has 0 fully saturated rings. The molecule has 108 valence electrons. The van der Waals surface area contributed by atoms with Crippen LogP contribution in [0, 0.1) is 0 Å². The molecule has 7 nitrogen and oxygen atoms in total. The summed E-state index contributed by atoms with van der Waals surface area (Å²) in [7, 11) is 0. The lowest BCUT2D eigenvalue weighted by molar-refractivity contribution is -0.119. The predicted octanol–water partition coefficient (Wildman–Crippen LogP) is 0.904. The number of carbonyl (C=O) groups excluding carboxylic acids is 2. The highest BCUT2D eigenvalue weighted by atomic mass is 16.5. The second-order valence-corrected chi connectivity index (χ2v) is 4.17. The molecule has 0 saturated heterocycles. The molecule has 0 spiro atoms. The normalized spacial score (nSPS) is 9.90. The third-order valence-corrected chi connectivity index (χ3v) is 2.48. The summed E-state index contributed by atoms with van der Waals surface area (Å²) >= 11 is 0. The molecule has 0 radical (unpaired) electrons. The van der Waals surface area contributed by atoms with Crippen LogP contribution in [0.2, 0.25) is 0 Å². The zero-order chi connectivity index (χ0) is 15.2. The van der Waals surface area contributed by atoms with Crippen LogP contribution in [-0.4, -0.2) is 28.5 Å². The van der Waals surface area contributed by atoms with E-state index in [4.69, 9.17) is 10.5 Å². The first kappa shape index (κ1) is 14.3. The quantitative estimate of drug-likeness (QED) is 0.756. The summed E-state index contributed by atoms with van der Waals surface area (Å²) in [6.07, 6.45) is 2.58. The van der Waals surface area contributed by atoms with Crippen molar-refractivity contribution < 1.29 is 19.4 Å². The molecule has 2 aromatic rings. The van der Waals surface area contributed by atoms with Crippen molar-refractivity contribution in [3.05, 3.63) is 48.3 Å². The van der Waals surface area contributed by atoms with E-state index in [0.717, 1.165) is 0 Å². The summed E-state index contributed by atoms with van der Waals surface area (Å²) in [5.41, 5.74) is 5.74. The number of nitrogens with two attached hydrogens (primary N) is 1. The Kier molecular flexibility index (Phi) is 4.35. The van der Waals surface area contributed by atoms with Crippen LogP contribution in [0.5, 0.6) is 11.5 Å². The molecule has 1 aromatic heterocycles. The SMILES string of the molecule is NC(=O)COc1ccc(NC(=O)c2cncc(O)c2)cc1. The first-order valence-electron chi connectivity index (χ1n) is 6.01. The van der Waals surface area contributed by atoms with Crippen LogP contribution in [0.3, 0.4) is 0 Å². The fraction of sp³-hybridized carbons (Fsp3) is 0.0714. The van der Waals surface area contributed by atoms with Gasteiger partial charge in [0.05, 0.1) is 11.8 Å². The van der Waals surface area contributed by atoms with E-state index in [1.807, 2.05) is 0 Å². The standard InChI is InChI=1S/C14H13N3O4/c15-13(19)8-21-12-3-1-10(2-4-12)17-14(20)9-5-11(18)7-16-6-9/h1-7,18H,8H2,(H2,15,19)(H,17,20). The van der Waals surface area contributed by atoms with Gasteiger partial charge in [0.25, 0.3) is 11.8 Å². The number of aromatic nitrogens is 1. The van der Waals surface area contributed by atoms with Gasteiger partial charge in [-0.05, 0) is 30.3 Å². The number of nitrogens with one attached hydrogen (secondary N) is 1. The average Bonchev–Trinajstić information content (AvgIpc) is 2.46. The maximum absolute atomic E-state index is 11.9. The summed E-state index contributed by atoms with van der Waals surface area (Å²) in [6, 6.07) is 7.74. The van der Waals surface area contributed by atoms with Crippen LogP contribution in [0.25, 0.3) is 0 Å². The molecule has 0 bridgehead atoms. The molecule has 7 heteroatoms. The predicted molar refractivity (Wildman–Crippen MR) is 75.0 cm³/mol. The number of primary amides is 1. The molecule has 0 saturated carbocycles. The monoisotopic (exact) mass is 287 g/mol. The highest BCUT2D eigenvalue weighted by Gasteiger charge is 2.07. The largest absolute Gasteiger partial charge is 0.506 e. The molecule has 21 heavy (non-hydrogen) atoms. The number of rotatable bonds is 5. The van der Waals surface area contributed by atoms with Crippen molar-refractivity contribution in [1.82, 2.24) is 4.98 Å². The van der Waals surface area contributed by atoms with Crippen molar-refractivity contribution >= 4 is 17.5 Å². The van der Waals surface area contributed by atoms with Crippen LogP contribution in [0.15, 0.2) is 42.7 Å². The maximum atomic E-state index is 11.9. The van der Waals surface area contributed by atoms with E-state index < -0.39 is 11.8 Å². The molecule has 0 unspecified atom stereocenters. The van der Waals surface area contributed by atoms with Gasteiger partial charge in [-0.2, -0.15) is 0 Å². The van der Waals surface area contributed by atoms with Crippen molar-refractivity contribution in [2.45, 2.75) is 0 Å². The van der Waals surface area contributed by atoms with Gasteiger partial charge in [-0.1, -0.05) is 0 Å². The van der Waals surface area contributed by atoms with E-state index in [1.165, 1.54) is 18.5 Å². The van der Waals surface area contributed by atoms with Gasteiger partial charge >= 0.3 is 0 Å². The minimum atomic E-state index is -0.566. The summed E-state index contributed by atoms with van der Waals surface area (Å²) in [5.74, 6) is -0.586. The van der Waals surface area contributed by atoms with E-state index in [0.29, 0.717) is 11.4 Å². The van der Waals surface area contributed by atoms with Gasteiger partial charge in [0.15, 0.2) is 6.61 Å². The maximum Gasteiger partial charge on any atom is 0.257 e. The number of benzene rings is 1. The van der Waals surface area contributed by atoms with Crippen LogP contribution < -0.4 is 15.8 Å². The van der Waals surface area contributed by atoms with Crippen LogP contribution >= 0.6 is 0 Å². The average molecular weight is 287 g/mol. The smallest absolute Gasteiger partial charge is 0.257 e. The third kappa shape index (κ3) is 4.20. The highest BCUT2D eigenvalue weighted by Crippen LogP contribution is 2.17. The first-order chi connectivity index (χ1) is 10.0. The summed E-state index contributed by atoms with van der Waals surface area (Å²) in [6.45, 7) is -0.208. The lowest BCUT2D eigenvalue weighted by atomic mass is 10.2. The van der Waals surface area contributed by atoms with Crippen molar-refractivity contribution in [2.75, 3.05) is 11.9 Å². The summed E-state index contributed by atoms with van der Waals surface area (Å²) in [5, 5.41) is 11.9. The minimum absolute atomic E-state index is 0.0853. The molecular weight excluding hydrogens is 274 g/mol. The first-order valence-corrected chi connectivity index (χ1v) is 6.01. The van der Waals surface area contributed by atoms with Gasteiger partial charge < -0.3 is 20.9 Å². The van der Waals surface area contributed by atoms with Crippen LogP contribution in [0.4, 0.5) is 5.69 Å². The molecule has 0 aliphatic rings. The lowest BCUT2D eigenvalue weighted by Gasteiger charge is -2.07. The second-order valence-electron chi connectivity index (χ2n) is 4.17. The molecule has 0 aliphatic heterocycles. The topological polar surface area (TPSA) is 115 Å². The van der Waals surface area contributed by atoms with Crippen molar-refractivity contribution in [2.24, 2.45) is 5.73 Å². The number of hydrogen-bond acceptors (Lipinski definition) is 5. The van der Waals surface area contributed by atoms with Gasteiger partial charge in [0.2, 0.25) is 0 Å². The Hall–Kier alpha value is -3.09. The van der Waals surface area contributed by atoms with Crippen molar-refractivity contribution in [3.8, 4) is 11.5 Å². The van der Waals surface area contributed by atoms with E-state index in [1.54, 1.807) is 24.3 Å². The summed E-state index contributed by atoms with van der Waals surface area (Å²) in [4.78, 5) is 26.2.